The fourth-order valence-corrected chi connectivity index (χ4v) is 3.31. The van der Waals surface area contributed by atoms with Crippen LogP contribution in [0.25, 0.3) is 0 Å². The van der Waals surface area contributed by atoms with Gasteiger partial charge in [0.1, 0.15) is 5.75 Å². The molecule has 2 N–H and O–H groups in total. The number of piperidine rings is 1. The van der Waals surface area contributed by atoms with Crippen molar-refractivity contribution in [2.75, 3.05) is 19.7 Å². The highest BCUT2D eigenvalue weighted by molar-refractivity contribution is 5.77. The van der Waals surface area contributed by atoms with E-state index in [1.807, 2.05) is 31.2 Å². The second-order valence-electron chi connectivity index (χ2n) is 6.52. The molecule has 1 saturated carbocycles. The van der Waals surface area contributed by atoms with E-state index in [2.05, 4.69) is 5.32 Å². The predicted molar refractivity (Wildman–Crippen MR) is 89.2 cm³/mol. The Labute approximate surface area is 141 Å². The number of rotatable bonds is 5. The highest BCUT2D eigenvalue weighted by Gasteiger charge is 2.40. The molecule has 0 radical (unpaired) electrons. The fraction of sp³-hybridized carbons (Fsp3) is 0.556. The standard InChI is InChI=1S/C18H24N2O4/c1-2-24-14-7-5-12(6-8-14)15-10-16(15)19-18(23)20-9-3-4-13(11-20)17(21)22/h5-8,13,15-16H,2-4,9-11H2,1H3,(H,19,23)(H,21,22)/t13?,15-,16+/m0/s1. The van der Waals surface area contributed by atoms with Gasteiger partial charge in [-0.1, -0.05) is 12.1 Å². The molecule has 1 unspecified atom stereocenters. The van der Waals surface area contributed by atoms with Gasteiger partial charge in [0.05, 0.1) is 12.5 Å². The number of aliphatic carboxylic acids is 1. The molecule has 0 spiro atoms. The van der Waals surface area contributed by atoms with Crippen LogP contribution < -0.4 is 10.1 Å². The maximum Gasteiger partial charge on any atom is 0.317 e. The van der Waals surface area contributed by atoms with Crippen molar-refractivity contribution >= 4 is 12.0 Å². The van der Waals surface area contributed by atoms with Gasteiger partial charge in [0.25, 0.3) is 0 Å². The zero-order valence-electron chi connectivity index (χ0n) is 13.9. The summed E-state index contributed by atoms with van der Waals surface area (Å²) in [5.41, 5.74) is 1.20. The van der Waals surface area contributed by atoms with Gasteiger partial charge in [0.15, 0.2) is 0 Å². The van der Waals surface area contributed by atoms with Crippen molar-refractivity contribution in [2.45, 2.75) is 38.1 Å². The molecule has 24 heavy (non-hydrogen) atoms. The average molecular weight is 332 g/mol. The number of carboxylic acids is 1. The number of likely N-dealkylation sites (tertiary alicyclic amines) is 1. The largest absolute Gasteiger partial charge is 0.494 e. The lowest BCUT2D eigenvalue weighted by molar-refractivity contribution is -0.143. The number of benzene rings is 1. The summed E-state index contributed by atoms with van der Waals surface area (Å²) in [6.45, 7) is 3.54. The van der Waals surface area contributed by atoms with Gasteiger partial charge in [-0.15, -0.1) is 0 Å². The number of nitrogens with zero attached hydrogens (tertiary/aromatic N) is 1. The third-order valence-corrected chi connectivity index (χ3v) is 4.78. The molecule has 1 aromatic carbocycles. The van der Waals surface area contributed by atoms with E-state index in [-0.39, 0.29) is 12.1 Å². The van der Waals surface area contributed by atoms with E-state index in [4.69, 9.17) is 9.84 Å². The first kappa shape index (κ1) is 16.6. The van der Waals surface area contributed by atoms with Crippen LogP contribution in [-0.4, -0.2) is 47.7 Å². The predicted octanol–water partition coefficient (Wildman–Crippen LogP) is 2.45. The molecule has 130 valence electrons. The Bertz CT molecular complexity index is 602. The summed E-state index contributed by atoms with van der Waals surface area (Å²) in [4.78, 5) is 25.1. The number of ether oxygens (including phenoxy) is 1. The van der Waals surface area contributed by atoms with Crippen molar-refractivity contribution in [1.82, 2.24) is 10.2 Å². The molecule has 0 bridgehead atoms. The molecule has 6 heteroatoms. The summed E-state index contributed by atoms with van der Waals surface area (Å²) in [7, 11) is 0. The molecule has 1 aliphatic carbocycles. The smallest absolute Gasteiger partial charge is 0.317 e. The Morgan fingerprint density at radius 3 is 2.75 bits per heavy atom. The Hall–Kier alpha value is -2.24. The number of carboxylic acid groups (broad SMARTS) is 1. The van der Waals surface area contributed by atoms with E-state index in [1.165, 1.54) is 5.56 Å². The molecular formula is C18H24N2O4. The van der Waals surface area contributed by atoms with Crippen molar-refractivity contribution in [3.63, 3.8) is 0 Å². The van der Waals surface area contributed by atoms with Crippen LogP contribution in [0.15, 0.2) is 24.3 Å². The minimum Gasteiger partial charge on any atom is -0.494 e. The van der Waals surface area contributed by atoms with Crippen molar-refractivity contribution < 1.29 is 19.4 Å². The number of nitrogens with one attached hydrogen (secondary N) is 1. The second-order valence-corrected chi connectivity index (χ2v) is 6.52. The summed E-state index contributed by atoms with van der Waals surface area (Å²) < 4.78 is 5.44. The van der Waals surface area contributed by atoms with Gasteiger partial charge in [0.2, 0.25) is 0 Å². The summed E-state index contributed by atoms with van der Waals surface area (Å²) in [5.74, 6) is -0.0583. The molecule has 3 atom stereocenters. The van der Waals surface area contributed by atoms with Gasteiger partial charge in [-0.05, 0) is 43.9 Å². The van der Waals surface area contributed by atoms with E-state index in [0.717, 1.165) is 18.6 Å². The van der Waals surface area contributed by atoms with Crippen molar-refractivity contribution in [3.8, 4) is 5.75 Å². The molecular weight excluding hydrogens is 308 g/mol. The lowest BCUT2D eigenvalue weighted by Crippen LogP contribution is -2.47. The number of hydrogen-bond acceptors (Lipinski definition) is 3. The van der Waals surface area contributed by atoms with Gasteiger partial charge in [-0.2, -0.15) is 0 Å². The van der Waals surface area contributed by atoms with Crippen LogP contribution >= 0.6 is 0 Å². The van der Waals surface area contributed by atoms with Crippen LogP contribution in [0.1, 0.15) is 37.7 Å². The number of carbonyl (C=O) groups is 2. The summed E-state index contributed by atoms with van der Waals surface area (Å²) in [6, 6.07) is 8.00. The van der Waals surface area contributed by atoms with Crippen LogP contribution in [0.3, 0.4) is 0 Å². The Kier molecular flexibility index (Phi) is 4.92. The third-order valence-electron chi connectivity index (χ3n) is 4.78. The molecule has 2 aliphatic rings. The lowest BCUT2D eigenvalue weighted by Gasteiger charge is -2.30. The zero-order chi connectivity index (χ0) is 17.1. The Morgan fingerprint density at radius 1 is 1.33 bits per heavy atom. The molecule has 1 saturated heterocycles. The monoisotopic (exact) mass is 332 g/mol. The molecule has 6 nitrogen and oxygen atoms in total. The Balaban J connectivity index is 1.50. The molecule has 2 amide bonds. The number of carbonyl (C=O) groups excluding carboxylic acids is 1. The van der Waals surface area contributed by atoms with Gasteiger partial charge in [-0.3, -0.25) is 4.79 Å². The highest BCUT2D eigenvalue weighted by atomic mass is 16.5. The molecule has 0 aromatic heterocycles. The van der Waals surface area contributed by atoms with E-state index < -0.39 is 11.9 Å². The third kappa shape index (κ3) is 3.80. The highest BCUT2D eigenvalue weighted by Crippen LogP contribution is 2.41. The molecule has 1 aromatic rings. The van der Waals surface area contributed by atoms with Crippen LogP contribution in [0.4, 0.5) is 4.79 Å². The normalized spacial score (nSPS) is 25.9. The minimum atomic E-state index is -0.814. The first-order chi connectivity index (χ1) is 11.6. The van der Waals surface area contributed by atoms with Crippen LogP contribution in [-0.2, 0) is 4.79 Å². The maximum atomic E-state index is 12.3. The molecule has 3 rings (SSSR count). The van der Waals surface area contributed by atoms with Gasteiger partial charge < -0.3 is 20.1 Å². The SMILES string of the molecule is CCOc1ccc([C@@H]2C[C@H]2NC(=O)N2CCCC(C(=O)O)C2)cc1. The van der Waals surface area contributed by atoms with Gasteiger partial charge in [0, 0.05) is 25.0 Å². The lowest BCUT2D eigenvalue weighted by atomic mass is 9.99. The maximum absolute atomic E-state index is 12.3. The van der Waals surface area contributed by atoms with Crippen molar-refractivity contribution in [2.24, 2.45) is 5.92 Å². The van der Waals surface area contributed by atoms with Crippen LogP contribution in [0, 0.1) is 5.92 Å². The van der Waals surface area contributed by atoms with E-state index in [9.17, 15) is 9.59 Å². The average Bonchev–Trinajstić information content (AvgIpc) is 3.35. The van der Waals surface area contributed by atoms with Gasteiger partial charge in [-0.25, -0.2) is 4.79 Å². The van der Waals surface area contributed by atoms with E-state index in [1.54, 1.807) is 4.90 Å². The van der Waals surface area contributed by atoms with Crippen molar-refractivity contribution in [3.05, 3.63) is 29.8 Å². The molecule has 1 heterocycles. The summed E-state index contributed by atoms with van der Waals surface area (Å²) >= 11 is 0. The second kappa shape index (κ2) is 7.11. The molecule has 1 aliphatic heterocycles. The minimum absolute atomic E-state index is 0.139. The quantitative estimate of drug-likeness (QED) is 0.868. The number of amides is 2. The summed E-state index contributed by atoms with van der Waals surface area (Å²) in [5, 5.41) is 12.1. The fourth-order valence-electron chi connectivity index (χ4n) is 3.31. The number of urea groups is 1. The van der Waals surface area contributed by atoms with Crippen molar-refractivity contribution in [1.29, 1.82) is 0 Å². The Morgan fingerprint density at radius 2 is 2.08 bits per heavy atom. The summed E-state index contributed by atoms with van der Waals surface area (Å²) in [6.07, 6.45) is 2.32. The van der Waals surface area contributed by atoms with Crippen LogP contribution in [0.5, 0.6) is 5.75 Å². The number of hydrogen-bond donors (Lipinski definition) is 2. The first-order valence-electron chi connectivity index (χ1n) is 8.59. The van der Waals surface area contributed by atoms with Gasteiger partial charge >= 0.3 is 12.0 Å². The zero-order valence-corrected chi connectivity index (χ0v) is 13.9. The first-order valence-corrected chi connectivity index (χ1v) is 8.59. The van der Waals surface area contributed by atoms with Crippen LogP contribution in [0.2, 0.25) is 0 Å². The van der Waals surface area contributed by atoms with E-state index >= 15 is 0 Å². The topological polar surface area (TPSA) is 78.9 Å². The molecule has 2 fully saturated rings. The van der Waals surface area contributed by atoms with E-state index in [0.29, 0.717) is 32.0 Å².